The van der Waals surface area contributed by atoms with Crippen molar-refractivity contribution in [3.05, 3.63) is 75.7 Å². The van der Waals surface area contributed by atoms with E-state index in [0.717, 1.165) is 16.5 Å². The van der Waals surface area contributed by atoms with Gasteiger partial charge in [-0.2, -0.15) is 0 Å². The van der Waals surface area contributed by atoms with Crippen LogP contribution in [0.4, 0.5) is 0 Å². The second-order valence-corrected chi connectivity index (χ2v) is 7.00. The standard InChI is InChI=1S/C17H16ClNO4S/c1-23-17(20)15-6-2-14(3-7-15)12-19-24(21,22)11-10-13-4-8-16(18)9-5-13/h2-11,19H,12H2,1H3/b11-10+. The summed E-state index contributed by atoms with van der Waals surface area (Å²) in [5.41, 5.74) is 1.87. The lowest BCUT2D eigenvalue weighted by Gasteiger charge is -2.04. The van der Waals surface area contributed by atoms with Crippen LogP contribution in [-0.2, 0) is 21.3 Å². The summed E-state index contributed by atoms with van der Waals surface area (Å²) in [4.78, 5) is 11.3. The molecule has 0 fully saturated rings. The van der Waals surface area contributed by atoms with Crippen molar-refractivity contribution in [2.24, 2.45) is 0 Å². The van der Waals surface area contributed by atoms with E-state index >= 15 is 0 Å². The number of esters is 1. The fourth-order valence-corrected chi connectivity index (χ4v) is 2.78. The van der Waals surface area contributed by atoms with Crippen molar-refractivity contribution >= 4 is 33.7 Å². The van der Waals surface area contributed by atoms with Gasteiger partial charge in [-0.15, -0.1) is 0 Å². The van der Waals surface area contributed by atoms with Crippen LogP contribution in [0.5, 0.6) is 0 Å². The van der Waals surface area contributed by atoms with Gasteiger partial charge in [-0.25, -0.2) is 17.9 Å². The SMILES string of the molecule is COC(=O)c1ccc(CNS(=O)(=O)/C=C/c2ccc(Cl)cc2)cc1. The average Bonchev–Trinajstić information content (AvgIpc) is 2.59. The van der Waals surface area contributed by atoms with Crippen molar-refractivity contribution in [3.8, 4) is 0 Å². The van der Waals surface area contributed by atoms with Crippen molar-refractivity contribution < 1.29 is 17.9 Å². The number of carbonyl (C=O) groups excluding carboxylic acids is 1. The lowest BCUT2D eigenvalue weighted by atomic mass is 10.1. The smallest absolute Gasteiger partial charge is 0.337 e. The summed E-state index contributed by atoms with van der Waals surface area (Å²) in [5, 5.41) is 1.68. The summed E-state index contributed by atoms with van der Waals surface area (Å²) in [6.07, 6.45) is 1.49. The van der Waals surface area contributed by atoms with Gasteiger partial charge in [0.2, 0.25) is 10.0 Å². The molecular weight excluding hydrogens is 350 g/mol. The number of ether oxygens (including phenoxy) is 1. The minimum absolute atomic E-state index is 0.120. The van der Waals surface area contributed by atoms with Crippen LogP contribution in [0.1, 0.15) is 21.5 Å². The van der Waals surface area contributed by atoms with Gasteiger partial charge >= 0.3 is 5.97 Å². The van der Waals surface area contributed by atoms with Crippen molar-refractivity contribution in [1.29, 1.82) is 0 Å². The molecule has 2 aromatic rings. The summed E-state index contributed by atoms with van der Waals surface area (Å²) < 4.78 is 31.0. The Kier molecular flexibility index (Phi) is 6.14. The molecule has 0 aromatic heterocycles. The first-order valence-corrected chi connectivity index (χ1v) is 8.92. The second kappa shape index (κ2) is 8.10. The van der Waals surface area contributed by atoms with E-state index in [0.29, 0.717) is 10.6 Å². The van der Waals surface area contributed by atoms with Crippen molar-refractivity contribution in [3.63, 3.8) is 0 Å². The average molecular weight is 366 g/mol. The lowest BCUT2D eigenvalue weighted by molar-refractivity contribution is 0.0600. The molecule has 0 unspecified atom stereocenters. The lowest BCUT2D eigenvalue weighted by Crippen LogP contribution is -2.20. The molecule has 24 heavy (non-hydrogen) atoms. The number of methoxy groups -OCH3 is 1. The van der Waals surface area contributed by atoms with Crippen LogP contribution in [-0.4, -0.2) is 21.5 Å². The zero-order chi connectivity index (χ0) is 17.6. The summed E-state index contributed by atoms with van der Waals surface area (Å²) in [6.45, 7) is 0.120. The van der Waals surface area contributed by atoms with Gasteiger partial charge in [0.15, 0.2) is 0 Å². The number of hydrogen-bond acceptors (Lipinski definition) is 4. The van der Waals surface area contributed by atoms with E-state index in [4.69, 9.17) is 11.6 Å². The maximum atomic E-state index is 12.0. The molecule has 0 aliphatic carbocycles. The Morgan fingerprint density at radius 3 is 2.33 bits per heavy atom. The van der Waals surface area contributed by atoms with Crippen LogP contribution in [0.25, 0.3) is 6.08 Å². The van der Waals surface area contributed by atoms with Crippen LogP contribution < -0.4 is 4.72 Å². The maximum Gasteiger partial charge on any atom is 0.337 e. The summed E-state index contributed by atoms with van der Waals surface area (Å²) in [6, 6.07) is 13.3. The number of halogens is 1. The Bertz CT molecular complexity index is 828. The molecule has 0 heterocycles. The number of sulfonamides is 1. The predicted octanol–water partition coefficient (Wildman–Crippen LogP) is 3.22. The van der Waals surface area contributed by atoms with Crippen LogP contribution in [0, 0.1) is 0 Å². The van der Waals surface area contributed by atoms with E-state index < -0.39 is 16.0 Å². The highest BCUT2D eigenvalue weighted by Gasteiger charge is 2.07. The summed E-state index contributed by atoms with van der Waals surface area (Å²) in [5.74, 6) is -0.437. The molecule has 0 radical (unpaired) electrons. The van der Waals surface area contributed by atoms with Gasteiger partial charge in [-0.1, -0.05) is 35.9 Å². The van der Waals surface area contributed by atoms with Crippen molar-refractivity contribution in [2.45, 2.75) is 6.54 Å². The molecule has 0 spiro atoms. The normalized spacial score (nSPS) is 11.6. The van der Waals surface area contributed by atoms with Crippen LogP contribution in [0.2, 0.25) is 5.02 Å². The minimum Gasteiger partial charge on any atom is -0.465 e. The summed E-state index contributed by atoms with van der Waals surface area (Å²) in [7, 11) is -2.27. The van der Waals surface area contributed by atoms with Gasteiger partial charge in [0.1, 0.15) is 0 Å². The highest BCUT2D eigenvalue weighted by Crippen LogP contribution is 2.11. The molecule has 0 amide bonds. The molecule has 126 valence electrons. The third kappa shape index (κ3) is 5.49. The number of benzene rings is 2. The number of hydrogen-bond donors (Lipinski definition) is 1. The monoisotopic (exact) mass is 365 g/mol. The Morgan fingerprint density at radius 1 is 1.12 bits per heavy atom. The molecule has 0 atom stereocenters. The van der Waals surface area contributed by atoms with Gasteiger partial charge in [0.25, 0.3) is 0 Å². The van der Waals surface area contributed by atoms with Crippen LogP contribution in [0.3, 0.4) is 0 Å². The molecule has 0 aliphatic rings. The van der Waals surface area contributed by atoms with E-state index in [2.05, 4.69) is 9.46 Å². The fourth-order valence-electron chi connectivity index (χ4n) is 1.85. The molecule has 1 N–H and O–H groups in total. The van der Waals surface area contributed by atoms with E-state index in [9.17, 15) is 13.2 Å². The largest absolute Gasteiger partial charge is 0.465 e. The molecule has 0 saturated carbocycles. The zero-order valence-corrected chi connectivity index (χ0v) is 14.5. The highest BCUT2D eigenvalue weighted by atomic mass is 35.5. The fraction of sp³-hybridized carbons (Fsp3) is 0.118. The van der Waals surface area contributed by atoms with E-state index in [1.165, 1.54) is 13.2 Å². The van der Waals surface area contributed by atoms with Crippen LogP contribution in [0.15, 0.2) is 53.9 Å². The van der Waals surface area contributed by atoms with E-state index in [1.54, 1.807) is 48.5 Å². The molecule has 0 bridgehead atoms. The Balaban J connectivity index is 1.97. The van der Waals surface area contributed by atoms with Crippen molar-refractivity contribution in [2.75, 3.05) is 7.11 Å². The van der Waals surface area contributed by atoms with Crippen LogP contribution >= 0.6 is 11.6 Å². The first-order valence-electron chi connectivity index (χ1n) is 7.00. The van der Waals surface area contributed by atoms with E-state index in [1.807, 2.05) is 0 Å². The molecule has 0 aliphatic heterocycles. The van der Waals surface area contributed by atoms with Gasteiger partial charge < -0.3 is 4.74 Å². The minimum atomic E-state index is -3.57. The Labute approximate surface area is 146 Å². The summed E-state index contributed by atoms with van der Waals surface area (Å²) >= 11 is 5.78. The van der Waals surface area contributed by atoms with Gasteiger partial charge in [0, 0.05) is 17.0 Å². The van der Waals surface area contributed by atoms with E-state index in [-0.39, 0.29) is 6.54 Å². The second-order valence-electron chi connectivity index (χ2n) is 4.91. The van der Waals surface area contributed by atoms with Gasteiger partial charge in [0.05, 0.1) is 12.7 Å². The Morgan fingerprint density at radius 2 is 1.75 bits per heavy atom. The molecule has 0 saturated heterocycles. The topological polar surface area (TPSA) is 72.5 Å². The molecule has 2 aromatic carbocycles. The van der Waals surface area contributed by atoms with Crippen molar-refractivity contribution in [1.82, 2.24) is 4.72 Å². The first kappa shape index (κ1) is 18.2. The number of carbonyl (C=O) groups is 1. The van der Waals surface area contributed by atoms with Gasteiger partial charge in [-0.3, -0.25) is 0 Å². The third-order valence-corrected chi connectivity index (χ3v) is 4.46. The number of nitrogens with one attached hydrogen (secondary N) is 1. The maximum absolute atomic E-state index is 12.0. The molecule has 7 heteroatoms. The molecule has 2 rings (SSSR count). The third-order valence-electron chi connectivity index (χ3n) is 3.16. The Hall–Kier alpha value is -2.15. The highest BCUT2D eigenvalue weighted by molar-refractivity contribution is 7.92. The van der Waals surface area contributed by atoms with Gasteiger partial charge in [-0.05, 0) is 41.5 Å². The quantitative estimate of drug-likeness (QED) is 0.798. The molecule has 5 nitrogen and oxygen atoms in total. The zero-order valence-electron chi connectivity index (χ0n) is 12.9. The number of rotatable bonds is 6. The molecular formula is C17H16ClNO4S. The predicted molar refractivity (Wildman–Crippen MR) is 94.0 cm³/mol. The first-order chi connectivity index (χ1) is 11.4.